The number of rotatable bonds is 4. The fraction of sp³-hybridized carbons (Fsp3) is 0.364. The first-order chi connectivity index (χ1) is 14.0. The second kappa shape index (κ2) is 8.13. The molecule has 0 amide bonds. The van der Waals surface area contributed by atoms with Crippen LogP contribution in [0.3, 0.4) is 0 Å². The molecule has 2 aromatic heterocycles. The SMILES string of the molecule is COc1cc2nc(C3CCNCC3)ccc2nc1C(=N)/C=C1\NC=C(C)N=C1C. The van der Waals surface area contributed by atoms with Crippen LogP contribution in [0, 0.1) is 5.41 Å². The Kier molecular flexibility index (Phi) is 5.40. The van der Waals surface area contributed by atoms with Crippen molar-refractivity contribution < 1.29 is 4.74 Å². The van der Waals surface area contributed by atoms with Gasteiger partial charge in [0.1, 0.15) is 11.4 Å². The molecule has 7 heteroatoms. The van der Waals surface area contributed by atoms with Crippen LogP contribution in [0.4, 0.5) is 0 Å². The highest BCUT2D eigenvalue weighted by Gasteiger charge is 2.19. The van der Waals surface area contributed by atoms with Crippen molar-refractivity contribution in [3.63, 3.8) is 0 Å². The fourth-order valence-electron chi connectivity index (χ4n) is 3.75. The summed E-state index contributed by atoms with van der Waals surface area (Å²) < 4.78 is 5.55. The predicted molar refractivity (Wildman–Crippen MR) is 116 cm³/mol. The summed E-state index contributed by atoms with van der Waals surface area (Å²) in [6.07, 6.45) is 5.75. The molecule has 4 rings (SSSR count). The molecule has 1 fully saturated rings. The van der Waals surface area contributed by atoms with Gasteiger partial charge in [0.05, 0.1) is 41.0 Å². The third kappa shape index (κ3) is 4.05. The van der Waals surface area contributed by atoms with Gasteiger partial charge in [0.2, 0.25) is 0 Å². The third-order valence-electron chi connectivity index (χ3n) is 5.35. The van der Waals surface area contributed by atoms with Crippen LogP contribution in [0.2, 0.25) is 0 Å². The quantitative estimate of drug-likeness (QED) is 0.697. The lowest BCUT2D eigenvalue weighted by Gasteiger charge is -2.22. The zero-order chi connectivity index (χ0) is 20.4. The number of piperidine rings is 1. The van der Waals surface area contributed by atoms with E-state index in [2.05, 4.69) is 26.7 Å². The van der Waals surface area contributed by atoms with E-state index in [1.165, 1.54) is 0 Å². The van der Waals surface area contributed by atoms with Gasteiger partial charge in [0, 0.05) is 23.9 Å². The monoisotopic (exact) mass is 390 g/mol. The van der Waals surface area contributed by atoms with E-state index >= 15 is 0 Å². The molecule has 0 aromatic carbocycles. The maximum absolute atomic E-state index is 8.57. The van der Waals surface area contributed by atoms with Crippen molar-refractivity contribution in [1.82, 2.24) is 20.6 Å². The Morgan fingerprint density at radius 2 is 1.97 bits per heavy atom. The van der Waals surface area contributed by atoms with Gasteiger partial charge in [-0.25, -0.2) is 4.98 Å². The van der Waals surface area contributed by atoms with Crippen LogP contribution >= 0.6 is 0 Å². The number of aromatic nitrogens is 2. The molecule has 0 bridgehead atoms. The zero-order valence-corrected chi connectivity index (χ0v) is 17.0. The average molecular weight is 390 g/mol. The van der Waals surface area contributed by atoms with Crippen molar-refractivity contribution in [2.75, 3.05) is 20.2 Å². The van der Waals surface area contributed by atoms with Crippen LogP contribution in [-0.2, 0) is 0 Å². The molecular formula is C22H26N6O. The van der Waals surface area contributed by atoms with Crippen molar-refractivity contribution >= 4 is 22.5 Å². The molecule has 2 aliphatic rings. The molecule has 29 heavy (non-hydrogen) atoms. The number of methoxy groups -OCH3 is 1. The molecular weight excluding hydrogens is 364 g/mol. The number of allylic oxidation sites excluding steroid dienone is 3. The smallest absolute Gasteiger partial charge is 0.148 e. The molecule has 0 unspecified atom stereocenters. The van der Waals surface area contributed by atoms with Crippen molar-refractivity contribution in [3.8, 4) is 5.75 Å². The minimum atomic E-state index is 0.260. The molecule has 0 radical (unpaired) electrons. The van der Waals surface area contributed by atoms with Gasteiger partial charge in [-0.3, -0.25) is 15.4 Å². The maximum atomic E-state index is 8.57. The second-order valence-corrected chi connectivity index (χ2v) is 7.44. The van der Waals surface area contributed by atoms with Gasteiger partial charge in [0.15, 0.2) is 0 Å². The summed E-state index contributed by atoms with van der Waals surface area (Å²) in [6, 6.07) is 5.95. The van der Waals surface area contributed by atoms with Crippen molar-refractivity contribution in [2.45, 2.75) is 32.6 Å². The van der Waals surface area contributed by atoms with Crippen LogP contribution in [0.25, 0.3) is 11.0 Å². The first kappa shape index (κ1) is 19.3. The Morgan fingerprint density at radius 1 is 1.17 bits per heavy atom. The highest BCUT2D eigenvalue weighted by Crippen LogP contribution is 2.28. The van der Waals surface area contributed by atoms with E-state index in [4.69, 9.17) is 15.1 Å². The van der Waals surface area contributed by atoms with Crippen LogP contribution in [-0.4, -0.2) is 41.6 Å². The number of hydrogen-bond acceptors (Lipinski definition) is 7. The maximum Gasteiger partial charge on any atom is 0.148 e. The van der Waals surface area contributed by atoms with Gasteiger partial charge in [-0.15, -0.1) is 0 Å². The fourth-order valence-corrected chi connectivity index (χ4v) is 3.75. The first-order valence-electron chi connectivity index (χ1n) is 9.91. The van der Waals surface area contributed by atoms with Crippen LogP contribution in [0.5, 0.6) is 5.75 Å². The van der Waals surface area contributed by atoms with Gasteiger partial charge in [-0.2, -0.15) is 0 Å². The molecule has 1 saturated heterocycles. The minimum absolute atomic E-state index is 0.260. The Labute approximate surface area is 170 Å². The molecule has 7 nitrogen and oxygen atoms in total. The number of nitrogens with zero attached hydrogens (tertiary/aromatic N) is 3. The van der Waals surface area contributed by atoms with Gasteiger partial charge in [-0.1, -0.05) is 0 Å². The second-order valence-electron chi connectivity index (χ2n) is 7.44. The number of ether oxygens (including phenoxy) is 1. The summed E-state index contributed by atoms with van der Waals surface area (Å²) in [5.74, 6) is 1.02. The molecule has 3 N–H and O–H groups in total. The van der Waals surface area contributed by atoms with Gasteiger partial charge < -0.3 is 15.4 Å². The molecule has 0 spiro atoms. The van der Waals surface area contributed by atoms with E-state index in [0.717, 1.165) is 59.8 Å². The number of fused-ring (bicyclic) bond motifs is 1. The molecule has 4 heterocycles. The van der Waals surface area contributed by atoms with Crippen LogP contribution < -0.4 is 15.4 Å². The number of hydrogen-bond donors (Lipinski definition) is 3. The lowest BCUT2D eigenvalue weighted by atomic mass is 9.94. The van der Waals surface area contributed by atoms with E-state index in [1.807, 2.05) is 32.2 Å². The van der Waals surface area contributed by atoms with Gasteiger partial charge >= 0.3 is 0 Å². The average Bonchev–Trinajstić information content (AvgIpc) is 2.75. The van der Waals surface area contributed by atoms with Crippen LogP contribution in [0.1, 0.15) is 44.0 Å². The van der Waals surface area contributed by atoms with Crippen molar-refractivity contribution in [2.24, 2.45) is 4.99 Å². The zero-order valence-electron chi connectivity index (χ0n) is 17.0. The lowest BCUT2D eigenvalue weighted by molar-refractivity contribution is 0.412. The number of aliphatic imine (C=N–C) groups is 1. The Balaban J connectivity index is 1.67. The number of pyridine rings is 2. The highest BCUT2D eigenvalue weighted by atomic mass is 16.5. The van der Waals surface area contributed by atoms with E-state index < -0.39 is 0 Å². The summed E-state index contributed by atoms with van der Waals surface area (Å²) in [6.45, 7) is 5.90. The van der Waals surface area contributed by atoms with Gasteiger partial charge in [-0.05, 0) is 58.0 Å². The molecule has 2 aliphatic heterocycles. The summed E-state index contributed by atoms with van der Waals surface area (Å²) in [5.41, 5.74) is 5.94. The van der Waals surface area contributed by atoms with Gasteiger partial charge in [0.25, 0.3) is 0 Å². The van der Waals surface area contributed by atoms with E-state index in [9.17, 15) is 0 Å². The Hall–Kier alpha value is -3.06. The summed E-state index contributed by atoms with van der Waals surface area (Å²) >= 11 is 0. The normalized spacial score (nSPS) is 18.9. The van der Waals surface area contributed by atoms with E-state index in [1.54, 1.807) is 13.2 Å². The number of nitrogens with one attached hydrogen (secondary N) is 3. The molecule has 150 valence electrons. The van der Waals surface area contributed by atoms with E-state index in [-0.39, 0.29) is 5.71 Å². The molecule has 0 atom stereocenters. The summed E-state index contributed by atoms with van der Waals surface area (Å²) in [7, 11) is 1.60. The van der Waals surface area contributed by atoms with Crippen LogP contribution in [0.15, 0.2) is 46.9 Å². The Morgan fingerprint density at radius 3 is 2.69 bits per heavy atom. The van der Waals surface area contributed by atoms with E-state index in [0.29, 0.717) is 17.4 Å². The highest BCUT2D eigenvalue weighted by molar-refractivity contribution is 6.13. The standard InChI is InChI=1S/C22H26N6O/c1-13-12-25-19(14(2)26-13)10-16(23)22-21(29-3)11-20-18(28-22)5-4-17(27-20)15-6-8-24-9-7-15/h4-5,10-12,15,23-25H,6-9H2,1-3H3/b19-10-,23-16?. The molecule has 0 aliphatic carbocycles. The first-order valence-corrected chi connectivity index (χ1v) is 9.91. The molecule has 2 aromatic rings. The molecule has 0 saturated carbocycles. The van der Waals surface area contributed by atoms with Crippen molar-refractivity contribution in [3.05, 3.63) is 53.3 Å². The predicted octanol–water partition coefficient (Wildman–Crippen LogP) is 3.28. The van der Waals surface area contributed by atoms with Crippen molar-refractivity contribution in [1.29, 1.82) is 5.41 Å². The summed E-state index contributed by atoms with van der Waals surface area (Å²) in [5, 5.41) is 15.1. The topological polar surface area (TPSA) is 95.3 Å². The largest absolute Gasteiger partial charge is 0.494 e. The third-order valence-corrected chi connectivity index (χ3v) is 5.35. The Bertz CT molecular complexity index is 1050. The lowest BCUT2D eigenvalue weighted by Crippen LogP contribution is -2.27. The summed E-state index contributed by atoms with van der Waals surface area (Å²) in [4.78, 5) is 14.0. The minimum Gasteiger partial charge on any atom is -0.494 e.